The van der Waals surface area contributed by atoms with E-state index in [4.69, 9.17) is 14.5 Å². The van der Waals surface area contributed by atoms with E-state index in [-0.39, 0.29) is 18.1 Å². The van der Waals surface area contributed by atoms with Gasteiger partial charge >= 0.3 is 6.09 Å². The minimum atomic E-state index is -0.519. The van der Waals surface area contributed by atoms with Gasteiger partial charge in [0.1, 0.15) is 5.60 Å². The molecule has 28 heavy (non-hydrogen) atoms. The molecule has 0 bridgehead atoms. The third kappa shape index (κ3) is 9.59. The zero-order valence-corrected chi connectivity index (χ0v) is 18.3. The van der Waals surface area contributed by atoms with Crippen molar-refractivity contribution in [2.75, 3.05) is 39.5 Å². The first-order valence-electron chi connectivity index (χ1n) is 10.4. The molecule has 0 radical (unpaired) electrons. The van der Waals surface area contributed by atoms with Crippen LogP contribution < -0.4 is 16.0 Å². The number of amides is 1. The van der Waals surface area contributed by atoms with Crippen LogP contribution in [0.3, 0.4) is 0 Å². The summed E-state index contributed by atoms with van der Waals surface area (Å²) in [5.74, 6) is 0.707. The van der Waals surface area contributed by atoms with Crippen molar-refractivity contribution >= 4 is 12.1 Å². The van der Waals surface area contributed by atoms with Gasteiger partial charge in [0, 0.05) is 37.8 Å². The molecule has 0 aromatic rings. The van der Waals surface area contributed by atoms with E-state index in [1.54, 1.807) is 0 Å². The Morgan fingerprint density at radius 3 is 2.61 bits per heavy atom. The number of alkyl carbamates (subject to hydrolysis) is 1. The van der Waals surface area contributed by atoms with E-state index < -0.39 is 11.7 Å². The van der Waals surface area contributed by atoms with Crippen LogP contribution in [0.5, 0.6) is 0 Å². The predicted octanol–water partition coefficient (Wildman–Crippen LogP) is 2.02. The highest BCUT2D eigenvalue weighted by molar-refractivity contribution is 5.79. The summed E-state index contributed by atoms with van der Waals surface area (Å²) in [5.41, 5.74) is -0.607. The lowest BCUT2D eigenvalue weighted by Gasteiger charge is -2.26. The highest BCUT2D eigenvalue weighted by Crippen LogP contribution is 2.32. The number of ether oxygens (including phenoxy) is 2. The van der Waals surface area contributed by atoms with Crippen LogP contribution in [0.25, 0.3) is 0 Å². The molecule has 1 rings (SSSR count). The van der Waals surface area contributed by atoms with Gasteiger partial charge in [-0.2, -0.15) is 0 Å². The number of aliphatic imine (C=N–C) groups is 1. The number of aliphatic hydroxyl groups is 1. The molecular weight excluding hydrogens is 360 g/mol. The maximum absolute atomic E-state index is 12.1. The summed E-state index contributed by atoms with van der Waals surface area (Å²) >= 11 is 0. The quantitative estimate of drug-likeness (QED) is 0.330. The number of carbonyl (C=O) groups is 1. The lowest BCUT2D eigenvalue weighted by molar-refractivity contribution is 0.0502. The van der Waals surface area contributed by atoms with Gasteiger partial charge in [-0.1, -0.05) is 13.3 Å². The Labute approximate surface area is 169 Å². The number of carbonyl (C=O) groups excluding carboxylic acids is 1. The molecule has 2 unspecified atom stereocenters. The van der Waals surface area contributed by atoms with Gasteiger partial charge in [-0.15, -0.1) is 0 Å². The molecule has 1 saturated heterocycles. The van der Waals surface area contributed by atoms with Gasteiger partial charge in [-0.05, 0) is 47.0 Å². The molecule has 4 N–H and O–H groups in total. The van der Waals surface area contributed by atoms with Crippen molar-refractivity contribution in [3.05, 3.63) is 0 Å². The zero-order chi connectivity index (χ0) is 21.0. The Kier molecular flexibility index (Phi) is 10.6. The van der Waals surface area contributed by atoms with Crippen molar-refractivity contribution in [3.63, 3.8) is 0 Å². The lowest BCUT2D eigenvalue weighted by atomic mass is 9.84. The molecule has 8 nitrogen and oxygen atoms in total. The average molecular weight is 401 g/mol. The molecule has 0 aliphatic carbocycles. The zero-order valence-electron chi connectivity index (χ0n) is 18.3. The van der Waals surface area contributed by atoms with Crippen LogP contribution in [0.2, 0.25) is 0 Å². The summed E-state index contributed by atoms with van der Waals surface area (Å²) in [6.45, 7) is 13.0. The number of hydrogen-bond acceptors (Lipinski definition) is 5. The standard InChI is InChI=1S/C20H40N4O4/c1-6-8-16(24-18(26)28-19(3,4)5)13-22-17(21-7-2)23-14-20(9-11-25)10-12-27-15-20/h16,25H,6-15H2,1-5H3,(H,24,26)(H2,21,22,23). The normalized spacial score (nSPS) is 21.3. The SMILES string of the molecule is CCCC(CNC(=NCC1(CCO)CCOC1)NCC)NC(=O)OC(C)(C)C. The molecular formula is C20H40N4O4. The van der Waals surface area contributed by atoms with Gasteiger partial charge in [0.15, 0.2) is 5.96 Å². The summed E-state index contributed by atoms with van der Waals surface area (Å²) < 4.78 is 10.9. The molecule has 164 valence electrons. The minimum Gasteiger partial charge on any atom is -0.444 e. The second-order valence-corrected chi connectivity index (χ2v) is 8.48. The summed E-state index contributed by atoms with van der Waals surface area (Å²) in [7, 11) is 0. The number of nitrogens with zero attached hydrogens (tertiary/aromatic N) is 1. The number of nitrogens with one attached hydrogen (secondary N) is 3. The minimum absolute atomic E-state index is 0.0510. The van der Waals surface area contributed by atoms with Crippen LogP contribution in [0.4, 0.5) is 4.79 Å². The molecule has 8 heteroatoms. The van der Waals surface area contributed by atoms with Crippen molar-refractivity contribution in [2.45, 2.75) is 71.9 Å². The van der Waals surface area contributed by atoms with Crippen LogP contribution in [-0.4, -0.2) is 68.3 Å². The summed E-state index contributed by atoms with van der Waals surface area (Å²) in [6.07, 6.45) is 2.99. The monoisotopic (exact) mass is 400 g/mol. The molecule has 1 fully saturated rings. The molecule has 1 heterocycles. The molecule has 1 amide bonds. The average Bonchev–Trinajstić information content (AvgIpc) is 3.05. The van der Waals surface area contributed by atoms with Crippen molar-refractivity contribution in [1.29, 1.82) is 0 Å². The first-order valence-corrected chi connectivity index (χ1v) is 10.4. The Balaban J connectivity index is 2.65. The van der Waals surface area contributed by atoms with Crippen LogP contribution >= 0.6 is 0 Å². The fourth-order valence-electron chi connectivity index (χ4n) is 3.14. The molecule has 0 saturated carbocycles. The van der Waals surface area contributed by atoms with Crippen LogP contribution in [0, 0.1) is 5.41 Å². The number of hydrogen-bond donors (Lipinski definition) is 4. The van der Waals surface area contributed by atoms with Gasteiger partial charge in [-0.3, -0.25) is 4.99 Å². The van der Waals surface area contributed by atoms with Crippen molar-refractivity contribution < 1.29 is 19.4 Å². The number of guanidine groups is 1. The number of rotatable bonds is 10. The van der Waals surface area contributed by atoms with E-state index in [1.165, 1.54) is 0 Å². The second-order valence-electron chi connectivity index (χ2n) is 8.48. The lowest BCUT2D eigenvalue weighted by Crippen LogP contribution is -2.48. The van der Waals surface area contributed by atoms with E-state index in [9.17, 15) is 9.90 Å². The van der Waals surface area contributed by atoms with Crippen LogP contribution in [0.1, 0.15) is 60.3 Å². The Morgan fingerprint density at radius 2 is 2.07 bits per heavy atom. The molecule has 1 aliphatic heterocycles. The fourth-order valence-corrected chi connectivity index (χ4v) is 3.14. The van der Waals surface area contributed by atoms with Crippen molar-refractivity contribution in [2.24, 2.45) is 10.4 Å². The van der Waals surface area contributed by atoms with E-state index in [2.05, 4.69) is 22.9 Å². The molecule has 0 aromatic carbocycles. The van der Waals surface area contributed by atoms with E-state index in [0.29, 0.717) is 32.1 Å². The van der Waals surface area contributed by atoms with Gasteiger partial charge in [0.2, 0.25) is 0 Å². The van der Waals surface area contributed by atoms with Gasteiger partial charge in [-0.25, -0.2) is 4.79 Å². The van der Waals surface area contributed by atoms with Crippen molar-refractivity contribution in [1.82, 2.24) is 16.0 Å². The van der Waals surface area contributed by atoms with Gasteiger partial charge in [0.25, 0.3) is 0 Å². The first-order chi connectivity index (χ1) is 13.2. The Hall–Kier alpha value is -1.54. The van der Waals surface area contributed by atoms with E-state index in [1.807, 2.05) is 27.7 Å². The predicted molar refractivity (Wildman–Crippen MR) is 112 cm³/mol. The number of aliphatic hydroxyl groups excluding tert-OH is 1. The topological polar surface area (TPSA) is 104 Å². The summed E-state index contributed by atoms with van der Waals surface area (Å²) in [6, 6.07) is -0.0510. The molecule has 2 atom stereocenters. The third-order valence-corrected chi connectivity index (χ3v) is 4.62. The van der Waals surface area contributed by atoms with Gasteiger partial charge < -0.3 is 30.5 Å². The fraction of sp³-hybridized carbons (Fsp3) is 0.900. The Morgan fingerprint density at radius 1 is 1.32 bits per heavy atom. The van der Waals surface area contributed by atoms with E-state index in [0.717, 1.165) is 32.4 Å². The van der Waals surface area contributed by atoms with Crippen LogP contribution in [-0.2, 0) is 9.47 Å². The van der Waals surface area contributed by atoms with Crippen molar-refractivity contribution in [3.8, 4) is 0 Å². The van der Waals surface area contributed by atoms with E-state index >= 15 is 0 Å². The van der Waals surface area contributed by atoms with Gasteiger partial charge in [0.05, 0.1) is 13.2 Å². The largest absolute Gasteiger partial charge is 0.444 e. The molecule has 1 aliphatic rings. The summed E-state index contributed by atoms with van der Waals surface area (Å²) in [4.78, 5) is 16.8. The molecule has 0 spiro atoms. The second kappa shape index (κ2) is 12.1. The third-order valence-electron chi connectivity index (χ3n) is 4.62. The van der Waals surface area contributed by atoms with Crippen LogP contribution in [0.15, 0.2) is 4.99 Å². The highest BCUT2D eigenvalue weighted by atomic mass is 16.6. The Bertz CT molecular complexity index is 485. The summed E-state index contributed by atoms with van der Waals surface area (Å²) in [5, 5.41) is 18.9. The maximum atomic E-state index is 12.1. The smallest absolute Gasteiger partial charge is 0.407 e. The first kappa shape index (κ1) is 24.5. The maximum Gasteiger partial charge on any atom is 0.407 e. The molecule has 0 aromatic heterocycles. The highest BCUT2D eigenvalue weighted by Gasteiger charge is 2.34.